The standard InChI is InChI=1S/C50H60FN11O7S/c1-9-59(10-2)48-54-25-39(70-48)47-62-34-16-15-28(32-23-52-43(55-32)35-13-11-17-60(35)45(63)41(26(3)4)57-49(65)67-7)19-30(34)21-37(62)40-31(51)20-29(22-38(40)69-47)33-24-53-44(56-33)36-14-12-18-61(36)46(64)42(27(5)6)58-50(66)68-8/h15-16,19-27,35-36,41-42,47H,9-14,17-18H2,1-8H3,(H,52,55)(H,53,56)(H,57,65)(H,58,66)/t35-,36-,41?,42?,47?/m0/s1. The number of halogens is 1. The minimum Gasteiger partial charge on any atom is -0.464 e. The number of aromatic amines is 2. The average molecular weight is 978 g/mol. The molecule has 2 saturated heterocycles. The van der Waals surface area contributed by atoms with Crippen LogP contribution >= 0.6 is 11.3 Å². The second-order valence-electron chi connectivity index (χ2n) is 18.7. The molecule has 2 aromatic carbocycles. The molecule has 0 saturated carbocycles. The van der Waals surface area contributed by atoms with Crippen molar-refractivity contribution in [2.45, 2.75) is 97.6 Å². The number of alkyl carbamates (subject to hydrolysis) is 2. The maximum absolute atomic E-state index is 17.0. The quantitative estimate of drug-likeness (QED) is 0.0814. The fraction of sp³-hybridized carbons (Fsp3) is 0.460. The highest BCUT2D eigenvalue weighted by atomic mass is 32.1. The number of rotatable bonds is 14. The van der Waals surface area contributed by atoms with Crippen LogP contribution in [0.5, 0.6) is 5.75 Å². The lowest BCUT2D eigenvalue weighted by Crippen LogP contribution is -2.51. The van der Waals surface area contributed by atoms with Gasteiger partial charge in [0.25, 0.3) is 0 Å². The van der Waals surface area contributed by atoms with Crippen LogP contribution in [0.1, 0.15) is 102 Å². The van der Waals surface area contributed by atoms with Gasteiger partial charge in [0, 0.05) is 48.9 Å². The number of H-pyrrole nitrogens is 2. The fourth-order valence-corrected chi connectivity index (χ4v) is 11.1. The van der Waals surface area contributed by atoms with E-state index in [1.165, 1.54) is 31.6 Å². The summed E-state index contributed by atoms with van der Waals surface area (Å²) in [4.78, 5) is 79.6. The third-order valence-electron chi connectivity index (χ3n) is 13.7. The Hall–Kier alpha value is -6.96. The number of methoxy groups -OCH3 is 2. The van der Waals surface area contributed by atoms with Crippen LogP contribution in [0.3, 0.4) is 0 Å². The Morgan fingerprint density at radius 1 is 0.800 bits per heavy atom. The molecule has 70 heavy (non-hydrogen) atoms. The molecule has 0 radical (unpaired) electrons. The van der Waals surface area contributed by atoms with Gasteiger partial charge in [-0.15, -0.1) is 0 Å². The predicted octanol–water partition coefficient (Wildman–Crippen LogP) is 8.56. The van der Waals surface area contributed by atoms with Gasteiger partial charge in [-0.05, 0) is 81.7 Å². The SMILES string of the molecule is CCN(CC)c1ncc(C2Oc3cc(-c4cnc([C@@H]5CCCN5C(=O)C(NC(=O)OC)C(C)C)[nH]4)cc(F)c3-c3cc4cc(-c5cnc([C@@H]6CCCN6C(=O)C(NC(=O)OC)C(C)C)[nH]5)ccc4n32)s1. The largest absolute Gasteiger partial charge is 0.464 e. The van der Waals surface area contributed by atoms with E-state index >= 15 is 4.39 Å². The number of ether oxygens (including phenoxy) is 3. The summed E-state index contributed by atoms with van der Waals surface area (Å²) in [5, 5.41) is 7.10. The van der Waals surface area contributed by atoms with Crippen molar-refractivity contribution in [1.82, 2.24) is 49.9 Å². The molecule has 370 valence electrons. The van der Waals surface area contributed by atoms with Crippen LogP contribution in [0.15, 0.2) is 55.0 Å². The first-order chi connectivity index (χ1) is 33.7. The summed E-state index contributed by atoms with van der Waals surface area (Å²) in [6.07, 6.45) is 6.16. The van der Waals surface area contributed by atoms with E-state index in [-0.39, 0.29) is 35.7 Å². The smallest absolute Gasteiger partial charge is 0.407 e. The molecule has 0 spiro atoms. The summed E-state index contributed by atoms with van der Waals surface area (Å²) in [5.74, 6) is 0.335. The molecule has 4 N–H and O–H groups in total. The summed E-state index contributed by atoms with van der Waals surface area (Å²) in [6.45, 7) is 14.3. The highest BCUT2D eigenvalue weighted by Crippen LogP contribution is 2.49. The molecule has 4 amide bonds. The van der Waals surface area contributed by atoms with Crippen molar-refractivity contribution in [3.8, 4) is 39.5 Å². The second kappa shape index (κ2) is 19.8. The van der Waals surface area contributed by atoms with Crippen LogP contribution in [-0.2, 0) is 19.1 Å². The highest BCUT2D eigenvalue weighted by molar-refractivity contribution is 7.15. The molecule has 0 bridgehead atoms. The highest BCUT2D eigenvalue weighted by Gasteiger charge is 2.40. The van der Waals surface area contributed by atoms with E-state index in [0.717, 1.165) is 58.1 Å². The Kier molecular flexibility index (Phi) is 13.6. The van der Waals surface area contributed by atoms with Gasteiger partial charge in [0.2, 0.25) is 18.0 Å². The number of likely N-dealkylation sites (tertiary alicyclic amines) is 2. The van der Waals surface area contributed by atoms with Gasteiger partial charge in [-0.25, -0.2) is 28.9 Å². The number of benzene rings is 2. The number of fused-ring (bicyclic) bond motifs is 5. The number of nitrogens with one attached hydrogen (secondary N) is 4. The molecule has 3 unspecified atom stereocenters. The molecule has 0 aliphatic carbocycles. The third kappa shape index (κ3) is 8.92. The maximum atomic E-state index is 17.0. The fourth-order valence-electron chi connectivity index (χ4n) is 10.0. The van der Waals surface area contributed by atoms with Crippen molar-refractivity contribution in [3.05, 3.63) is 77.3 Å². The molecule has 2 fully saturated rings. The number of amides is 4. The van der Waals surface area contributed by atoms with Crippen LogP contribution in [0, 0.1) is 17.7 Å². The van der Waals surface area contributed by atoms with Crippen molar-refractivity contribution >= 4 is 51.4 Å². The Morgan fingerprint density at radius 3 is 1.91 bits per heavy atom. The lowest BCUT2D eigenvalue weighted by atomic mass is 10.0. The Labute approximate surface area is 409 Å². The summed E-state index contributed by atoms with van der Waals surface area (Å²) in [6, 6.07) is 9.12. The zero-order valence-corrected chi connectivity index (χ0v) is 41.5. The molecule has 5 atom stereocenters. The van der Waals surface area contributed by atoms with Gasteiger partial charge < -0.3 is 49.5 Å². The molecular weight excluding hydrogens is 918 g/mol. The molecule has 3 aliphatic rings. The van der Waals surface area contributed by atoms with Gasteiger partial charge in [0.15, 0.2) is 5.13 Å². The van der Waals surface area contributed by atoms with Gasteiger partial charge in [0.05, 0.1) is 71.7 Å². The summed E-state index contributed by atoms with van der Waals surface area (Å²) in [7, 11) is 2.54. The Balaban J connectivity index is 1.05. The third-order valence-corrected chi connectivity index (χ3v) is 14.8. The summed E-state index contributed by atoms with van der Waals surface area (Å²) < 4.78 is 35.5. The monoisotopic (exact) mass is 977 g/mol. The normalized spacial score (nSPS) is 18.4. The first-order valence-corrected chi connectivity index (χ1v) is 24.8. The maximum Gasteiger partial charge on any atom is 0.407 e. The second-order valence-corrected chi connectivity index (χ2v) is 19.7. The number of hydrogen-bond donors (Lipinski definition) is 4. The van der Waals surface area contributed by atoms with E-state index in [0.29, 0.717) is 65.8 Å². The lowest BCUT2D eigenvalue weighted by molar-refractivity contribution is -0.136. The van der Waals surface area contributed by atoms with Gasteiger partial charge in [0.1, 0.15) is 35.3 Å². The van der Waals surface area contributed by atoms with Gasteiger partial charge in [-0.1, -0.05) is 45.1 Å². The van der Waals surface area contributed by atoms with Gasteiger partial charge in [-0.2, -0.15) is 0 Å². The van der Waals surface area contributed by atoms with Crippen molar-refractivity contribution in [2.24, 2.45) is 11.8 Å². The average Bonchev–Trinajstić information content (AvgIpc) is 4.21. The number of nitrogens with zero attached hydrogens (tertiary/aromatic N) is 7. The van der Waals surface area contributed by atoms with E-state index in [1.807, 2.05) is 68.8 Å². The topological polar surface area (TPSA) is 205 Å². The van der Waals surface area contributed by atoms with Crippen LogP contribution in [0.25, 0.3) is 44.7 Å². The molecule has 7 heterocycles. The molecular formula is C50H60FN11O7S. The number of carbonyl (C=O) groups excluding carboxylic acids is 4. The van der Waals surface area contributed by atoms with Crippen molar-refractivity contribution in [3.63, 3.8) is 0 Å². The van der Waals surface area contributed by atoms with Gasteiger partial charge in [-0.3, -0.25) is 14.2 Å². The van der Waals surface area contributed by atoms with Crippen molar-refractivity contribution in [2.75, 3.05) is 45.3 Å². The van der Waals surface area contributed by atoms with Crippen molar-refractivity contribution < 1.29 is 37.8 Å². The van der Waals surface area contributed by atoms with Gasteiger partial charge >= 0.3 is 12.2 Å². The Morgan fingerprint density at radius 2 is 1.37 bits per heavy atom. The zero-order valence-electron chi connectivity index (χ0n) is 40.7. The van der Waals surface area contributed by atoms with E-state index < -0.39 is 36.3 Å². The minimum absolute atomic E-state index is 0.158. The number of thiazole rings is 1. The van der Waals surface area contributed by atoms with E-state index in [1.54, 1.807) is 22.2 Å². The van der Waals surface area contributed by atoms with Crippen LogP contribution in [-0.4, -0.2) is 116 Å². The number of anilines is 1. The van der Waals surface area contributed by atoms with Crippen LogP contribution in [0.2, 0.25) is 0 Å². The first-order valence-electron chi connectivity index (χ1n) is 24.0. The number of hydrogen-bond acceptors (Lipinski definition) is 12. The van der Waals surface area contributed by atoms with E-state index in [2.05, 4.69) is 39.3 Å². The molecule has 20 heteroatoms. The first kappa shape index (κ1) is 48.1. The molecule has 18 nitrogen and oxygen atoms in total. The summed E-state index contributed by atoms with van der Waals surface area (Å²) in [5.41, 5.74) is 4.47. The summed E-state index contributed by atoms with van der Waals surface area (Å²) >= 11 is 1.53. The Bertz CT molecular complexity index is 2920. The zero-order chi connectivity index (χ0) is 49.5. The number of aromatic nitrogens is 6. The number of carbonyl (C=O) groups is 4. The predicted molar refractivity (Wildman–Crippen MR) is 263 cm³/mol. The number of imidazole rings is 2. The molecule has 9 rings (SSSR count). The van der Waals surface area contributed by atoms with Crippen LogP contribution in [0.4, 0.5) is 19.1 Å². The molecule has 3 aliphatic heterocycles. The lowest BCUT2D eigenvalue weighted by Gasteiger charge is -2.30. The molecule has 4 aromatic heterocycles. The minimum atomic E-state index is -0.779. The van der Waals surface area contributed by atoms with Crippen molar-refractivity contribution in [1.29, 1.82) is 0 Å². The van der Waals surface area contributed by atoms with Crippen LogP contribution < -0.4 is 20.3 Å². The molecule has 6 aromatic rings. The van der Waals surface area contributed by atoms with E-state index in [9.17, 15) is 19.2 Å². The van der Waals surface area contributed by atoms with E-state index in [4.69, 9.17) is 29.2 Å².